The molecule has 2 aliphatic heterocycles. The number of benzene rings is 1. The molecule has 1 N–H and O–H groups in total. The summed E-state index contributed by atoms with van der Waals surface area (Å²) < 4.78 is 0. The molecule has 0 radical (unpaired) electrons. The molecule has 1 amide bonds. The second-order valence-electron chi connectivity index (χ2n) is 8.51. The number of rotatable bonds is 5. The second kappa shape index (κ2) is 8.55. The van der Waals surface area contributed by atoms with E-state index in [1.54, 1.807) is 6.33 Å². The number of nitrogens with zero attached hydrogens (tertiary/aromatic N) is 4. The molecular weight excluding hydrogens is 406 g/mol. The van der Waals surface area contributed by atoms with Crippen molar-refractivity contribution in [3.8, 4) is 0 Å². The number of nitrogens with one attached hydrogen (secondary N) is 1. The van der Waals surface area contributed by atoms with Gasteiger partial charge in [0.05, 0.1) is 10.3 Å². The molecule has 1 saturated heterocycles. The van der Waals surface area contributed by atoms with Gasteiger partial charge in [-0.05, 0) is 56.0 Å². The number of anilines is 1. The predicted molar refractivity (Wildman–Crippen MR) is 126 cm³/mol. The van der Waals surface area contributed by atoms with E-state index >= 15 is 0 Å². The van der Waals surface area contributed by atoms with Gasteiger partial charge in [0.25, 0.3) is 5.91 Å². The zero-order valence-electron chi connectivity index (χ0n) is 18.2. The third-order valence-electron chi connectivity index (χ3n) is 6.75. The first-order valence-electron chi connectivity index (χ1n) is 11.2. The Hall–Kier alpha value is -2.51. The van der Waals surface area contributed by atoms with Crippen LogP contribution in [0, 0.1) is 6.92 Å². The zero-order valence-corrected chi connectivity index (χ0v) is 19.0. The van der Waals surface area contributed by atoms with Crippen LogP contribution >= 0.6 is 11.3 Å². The van der Waals surface area contributed by atoms with Crippen LogP contribution in [0.3, 0.4) is 0 Å². The number of thiophene rings is 1. The van der Waals surface area contributed by atoms with Crippen molar-refractivity contribution in [2.75, 3.05) is 31.1 Å². The first kappa shape index (κ1) is 20.4. The first-order valence-corrected chi connectivity index (χ1v) is 12.1. The van der Waals surface area contributed by atoms with Crippen molar-refractivity contribution in [2.24, 2.45) is 0 Å². The van der Waals surface area contributed by atoms with Gasteiger partial charge < -0.3 is 10.2 Å². The molecular formula is C24H29N5OS. The van der Waals surface area contributed by atoms with Crippen LogP contribution in [0.25, 0.3) is 10.2 Å². The number of likely N-dealkylation sites (N-methyl/N-ethyl adjacent to an activating group) is 1. The van der Waals surface area contributed by atoms with Crippen LogP contribution in [0.4, 0.5) is 5.82 Å². The van der Waals surface area contributed by atoms with Crippen LogP contribution in [0.15, 0.2) is 30.6 Å². The highest BCUT2D eigenvalue weighted by Crippen LogP contribution is 2.36. The fourth-order valence-corrected chi connectivity index (χ4v) is 6.08. The lowest BCUT2D eigenvalue weighted by molar-refractivity contribution is 0.0945. The minimum atomic E-state index is 0.0124. The van der Waals surface area contributed by atoms with Crippen molar-refractivity contribution in [3.05, 3.63) is 52.2 Å². The molecule has 1 fully saturated rings. The summed E-state index contributed by atoms with van der Waals surface area (Å²) in [5.41, 5.74) is 3.76. The number of likely N-dealkylation sites (tertiary alicyclic amines) is 1. The molecule has 0 saturated carbocycles. The number of hydrogen-bond donors (Lipinski definition) is 1. The van der Waals surface area contributed by atoms with E-state index in [0.29, 0.717) is 12.6 Å². The average molecular weight is 436 g/mol. The van der Waals surface area contributed by atoms with Crippen LogP contribution in [0.2, 0.25) is 0 Å². The van der Waals surface area contributed by atoms with Crippen LogP contribution in [-0.2, 0) is 13.0 Å². The summed E-state index contributed by atoms with van der Waals surface area (Å²) >= 11 is 1.48. The van der Waals surface area contributed by atoms with Gasteiger partial charge >= 0.3 is 0 Å². The SMILES string of the molecule is CCN1CCCC1CNC(=O)c1sc2ncnc(N3CCc4ccccc4C3)c2c1C. The quantitative estimate of drug-likeness (QED) is 0.661. The maximum absolute atomic E-state index is 13.1. The second-order valence-corrected chi connectivity index (χ2v) is 9.51. The molecule has 0 spiro atoms. The van der Waals surface area contributed by atoms with Gasteiger partial charge in [-0.25, -0.2) is 9.97 Å². The third kappa shape index (κ3) is 3.81. The number of amides is 1. The van der Waals surface area contributed by atoms with Gasteiger partial charge in [-0.2, -0.15) is 0 Å². The standard InChI is InChI=1S/C24H29N5OS/c1-3-28-11-6-9-19(28)13-25-23(30)21-16(2)20-22(26-15-27-24(20)31-21)29-12-10-17-7-4-5-8-18(17)14-29/h4-5,7-8,15,19H,3,6,9-14H2,1-2H3,(H,25,30). The van der Waals surface area contributed by atoms with Gasteiger partial charge in [-0.1, -0.05) is 31.2 Å². The summed E-state index contributed by atoms with van der Waals surface area (Å²) in [5, 5.41) is 4.21. The molecule has 1 aromatic carbocycles. The summed E-state index contributed by atoms with van der Waals surface area (Å²) in [4.78, 5) is 28.6. The summed E-state index contributed by atoms with van der Waals surface area (Å²) in [7, 11) is 0. The van der Waals surface area contributed by atoms with Gasteiger partial charge in [-0.3, -0.25) is 9.69 Å². The summed E-state index contributed by atoms with van der Waals surface area (Å²) in [6, 6.07) is 9.07. The maximum atomic E-state index is 13.1. The fraction of sp³-hybridized carbons (Fsp3) is 0.458. The van der Waals surface area contributed by atoms with Crippen LogP contribution in [0.5, 0.6) is 0 Å². The number of hydrogen-bond acceptors (Lipinski definition) is 6. The monoisotopic (exact) mass is 435 g/mol. The number of aryl methyl sites for hydroxylation is 1. The molecule has 5 rings (SSSR count). The molecule has 4 heterocycles. The normalized spacial score (nSPS) is 19.0. The van der Waals surface area contributed by atoms with E-state index in [4.69, 9.17) is 0 Å². The average Bonchev–Trinajstić information content (AvgIpc) is 3.41. The molecule has 2 aliphatic rings. The predicted octanol–water partition coefficient (Wildman–Crippen LogP) is 3.78. The molecule has 31 heavy (non-hydrogen) atoms. The van der Waals surface area contributed by atoms with Crippen molar-refractivity contribution in [1.29, 1.82) is 0 Å². The lowest BCUT2D eigenvalue weighted by Crippen LogP contribution is -2.39. The molecule has 1 unspecified atom stereocenters. The highest BCUT2D eigenvalue weighted by molar-refractivity contribution is 7.20. The van der Waals surface area contributed by atoms with Crippen molar-refractivity contribution in [2.45, 2.75) is 45.7 Å². The van der Waals surface area contributed by atoms with E-state index in [9.17, 15) is 4.79 Å². The van der Waals surface area contributed by atoms with E-state index < -0.39 is 0 Å². The number of carbonyl (C=O) groups is 1. The number of carbonyl (C=O) groups excluding carboxylic acids is 1. The molecule has 0 bridgehead atoms. The Morgan fingerprint density at radius 2 is 2.06 bits per heavy atom. The highest BCUT2D eigenvalue weighted by atomic mass is 32.1. The first-order chi connectivity index (χ1) is 15.2. The Kier molecular flexibility index (Phi) is 5.63. The van der Waals surface area contributed by atoms with E-state index in [1.807, 2.05) is 6.92 Å². The lowest BCUT2D eigenvalue weighted by atomic mass is 9.99. The molecule has 1 atom stereocenters. The van der Waals surface area contributed by atoms with Crippen LogP contribution in [-0.4, -0.2) is 53.0 Å². The lowest BCUT2D eigenvalue weighted by Gasteiger charge is -2.30. The minimum Gasteiger partial charge on any atom is -0.351 e. The van der Waals surface area contributed by atoms with Crippen molar-refractivity contribution >= 4 is 33.3 Å². The van der Waals surface area contributed by atoms with Crippen molar-refractivity contribution in [3.63, 3.8) is 0 Å². The van der Waals surface area contributed by atoms with E-state index in [2.05, 4.69) is 56.3 Å². The van der Waals surface area contributed by atoms with Crippen molar-refractivity contribution in [1.82, 2.24) is 20.2 Å². The van der Waals surface area contributed by atoms with Crippen LogP contribution < -0.4 is 10.2 Å². The van der Waals surface area contributed by atoms with Gasteiger partial charge in [-0.15, -0.1) is 11.3 Å². The van der Waals surface area contributed by atoms with Gasteiger partial charge in [0.2, 0.25) is 0 Å². The maximum Gasteiger partial charge on any atom is 0.261 e. The smallest absolute Gasteiger partial charge is 0.261 e. The minimum absolute atomic E-state index is 0.0124. The Morgan fingerprint density at radius 1 is 1.23 bits per heavy atom. The third-order valence-corrected chi connectivity index (χ3v) is 7.95. The summed E-state index contributed by atoms with van der Waals surface area (Å²) in [6.45, 7) is 8.88. The van der Waals surface area contributed by atoms with E-state index in [1.165, 1.54) is 28.9 Å². The largest absolute Gasteiger partial charge is 0.351 e. The zero-order chi connectivity index (χ0) is 21.4. The highest BCUT2D eigenvalue weighted by Gasteiger charge is 2.26. The molecule has 2 aromatic heterocycles. The fourth-order valence-electron chi connectivity index (χ4n) is 5.02. The summed E-state index contributed by atoms with van der Waals surface area (Å²) in [5.74, 6) is 0.957. The molecule has 3 aromatic rings. The van der Waals surface area contributed by atoms with Crippen molar-refractivity contribution < 1.29 is 4.79 Å². The molecule has 162 valence electrons. The van der Waals surface area contributed by atoms with Crippen LogP contribution in [0.1, 0.15) is 46.1 Å². The Bertz CT molecular complexity index is 1110. The molecule has 7 heteroatoms. The molecule has 0 aliphatic carbocycles. The Morgan fingerprint density at radius 3 is 2.90 bits per heavy atom. The number of aromatic nitrogens is 2. The van der Waals surface area contributed by atoms with Gasteiger partial charge in [0.1, 0.15) is 17.0 Å². The Balaban J connectivity index is 1.39. The topological polar surface area (TPSA) is 61.4 Å². The van der Waals surface area contributed by atoms with Gasteiger partial charge in [0.15, 0.2) is 0 Å². The summed E-state index contributed by atoms with van der Waals surface area (Å²) in [6.07, 6.45) is 5.01. The van der Waals surface area contributed by atoms with E-state index in [-0.39, 0.29) is 5.91 Å². The molecule has 6 nitrogen and oxygen atoms in total. The number of fused-ring (bicyclic) bond motifs is 2. The van der Waals surface area contributed by atoms with Gasteiger partial charge in [0, 0.05) is 25.7 Å². The Labute approximate surface area is 187 Å². The van der Waals surface area contributed by atoms with E-state index in [0.717, 1.165) is 65.5 Å².